The molecule has 124 valence electrons. The molecule has 0 atom stereocenters. The number of imide groups is 2. The van der Waals surface area contributed by atoms with Crippen molar-refractivity contribution in [3.05, 3.63) is 0 Å². The summed E-state index contributed by atoms with van der Waals surface area (Å²) in [6.45, 7) is 0. The zero-order valence-electron chi connectivity index (χ0n) is 12.8. The molecule has 7 nitrogen and oxygen atoms in total. The number of nitrogens with one attached hydrogen (secondary N) is 2. The standard InChI is InChI=1S/C16H20N2O5/c19-11(7-16(23)12(20)17-14(22)18-13(16)21)15-4-8-1-9(5-15)3-10(2-8)6-15/h8-10,23H,1-7H2,(H2,17,18,20,21,22). The number of amides is 4. The molecule has 1 saturated heterocycles. The van der Waals surface area contributed by atoms with Gasteiger partial charge in [-0.1, -0.05) is 0 Å². The number of carbonyl (C=O) groups is 4. The van der Waals surface area contributed by atoms with E-state index in [0.29, 0.717) is 17.8 Å². The molecule has 4 amide bonds. The van der Waals surface area contributed by atoms with Crippen LogP contribution in [0.2, 0.25) is 0 Å². The lowest BCUT2D eigenvalue weighted by molar-refractivity contribution is -0.163. The summed E-state index contributed by atoms with van der Waals surface area (Å²) in [5, 5.41) is 14.1. The first-order valence-electron chi connectivity index (χ1n) is 8.23. The number of rotatable bonds is 3. The van der Waals surface area contributed by atoms with Gasteiger partial charge in [0, 0.05) is 5.41 Å². The maximum Gasteiger partial charge on any atom is 0.328 e. The molecule has 4 saturated carbocycles. The van der Waals surface area contributed by atoms with Crippen LogP contribution in [0.5, 0.6) is 0 Å². The zero-order valence-corrected chi connectivity index (χ0v) is 12.8. The minimum absolute atomic E-state index is 0.209. The van der Waals surface area contributed by atoms with Gasteiger partial charge in [-0.05, 0) is 56.3 Å². The van der Waals surface area contributed by atoms with Gasteiger partial charge < -0.3 is 5.11 Å². The number of urea groups is 1. The van der Waals surface area contributed by atoms with E-state index in [1.807, 2.05) is 10.6 Å². The van der Waals surface area contributed by atoms with Crippen molar-refractivity contribution in [1.82, 2.24) is 10.6 Å². The molecule has 7 heteroatoms. The minimum Gasteiger partial charge on any atom is -0.371 e. The van der Waals surface area contributed by atoms with Crippen molar-refractivity contribution in [2.24, 2.45) is 23.2 Å². The second-order valence-electron chi connectivity index (χ2n) is 7.90. The largest absolute Gasteiger partial charge is 0.371 e. The smallest absolute Gasteiger partial charge is 0.328 e. The van der Waals surface area contributed by atoms with Gasteiger partial charge in [-0.3, -0.25) is 25.0 Å². The van der Waals surface area contributed by atoms with Crippen LogP contribution in [0.4, 0.5) is 4.79 Å². The van der Waals surface area contributed by atoms with Crippen molar-refractivity contribution < 1.29 is 24.3 Å². The molecule has 0 aromatic carbocycles. The molecule has 0 aromatic heterocycles. The van der Waals surface area contributed by atoms with Crippen LogP contribution in [-0.2, 0) is 14.4 Å². The van der Waals surface area contributed by atoms with E-state index in [1.165, 1.54) is 19.3 Å². The highest BCUT2D eigenvalue weighted by Crippen LogP contribution is 2.60. The number of Topliss-reactive ketones (excluding diaryl/α,β-unsaturated/α-hetero) is 1. The number of barbiturate groups is 1. The van der Waals surface area contributed by atoms with Gasteiger partial charge in [-0.2, -0.15) is 0 Å². The van der Waals surface area contributed by atoms with E-state index in [9.17, 15) is 24.3 Å². The summed E-state index contributed by atoms with van der Waals surface area (Å²) in [6, 6.07) is -0.966. The lowest BCUT2D eigenvalue weighted by Crippen LogP contribution is -2.68. The summed E-state index contributed by atoms with van der Waals surface area (Å²) < 4.78 is 0. The van der Waals surface area contributed by atoms with E-state index in [4.69, 9.17) is 0 Å². The molecule has 5 fully saturated rings. The van der Waals surface area contributed by atoms with Crippen molar-refractivity contribution in [2.45, 2.75) is 50.5 Å². The van der Waals surface area contributed by atoms with Crippen molar-refractivity contribution in [3.8, 4) is 0 Å². The minimum atomic E-state index is -2.48. The van der Waals surface area contributed by atoms with Crippen LogP contribution in [-0.4, -0.2) is 34.3 Å². The summed E-state index contributed by atoms with van der Waals surface area (Å²) >= 11 is 0. The normalized spacial score (nSPS) is 40.7. The van der Waals surface area contributed by atoms with Gasteiger partial charge in [0.05, 0.1) is 6.42 Å². The average Bonchev–Trinajstić information content (AvgIpc) is 2.43. The number of hydrogen-bond acceptors (Lipinski definition) is 5. The summed E-state index contributed by atoms with van der Waals surface area (Å²) in [6.07, 6.45) is 5.37. The van der Waals surface area contributed by atoms with E-state index in [0.717, 1.165) is 19.3 Å². The number of carbonyl (C=O) groups excluding carboxylic acids is 4. The van der Waals surface area contributed by atoms with Crippen molar-refractivity contribution in [3.63, 3.8) is 0 Å². The van der Waals surface area contributed by atoms with Crippen LogP contribution < -0.4 is 10.6 Å². The molecule has 5 rings (SSSR count). The fourth-order valence-electron chi connectivity index (χ4n) is 5.58. The van der Waals surface area contributed by atoms with Crippen LogP contribution in [0.3, 0.4) is 0 Å². The van der Waals surface area contributed by atoms with Gasteiger partial charge >= 0.3 is 6.03 Å². The Morgan fingerprint density at radius 2 is 1.39 bits per heavy atom. The predicted molar refractivity (Wildman–Crippen MR) is 76.9 cm³/mol. The third-order valence-corrected chi connectivity index (χ3v) is 6.25. The summed E-state index contributed by atoms with van der Waals surface area (Å²) in [5.41, 5.74) is -2.97. The van der Waals surface area contributed by atoms with Gasteiger partial charge in [-0.15, -0.1) is 0 Å². The molecule has 0 radical (unpaired) electrons. The number of aliphatic hydroxyl groups is 1. The topological polar surface area (TPSA) is 113 Å². The Kier molecular flexibility index (Phi) is 2.98. The lowest BCUT2D eigenvalue weighted by Gasteiger charge is -2.56. The van der Waals surface area contributed by atoms with Crippen molar-refractivity contribution in [1.29, 1.82) is 0 Å². The van der Waals surface area contributed by atoms with E-state index in [2.05, 4.69) is 0 Å². The van der Waals surface area contributed by atoms with Crippen LogP contribution >= 0.6 is 0 Å². The molecule has 4 bridgehead atoms. The average molecular weight is 320 g/mol. The maximum absolute atomic E-state index is 12.9. The monoisotopic (exact) mass is 320 g/mol. The van der Waals surface area contributed by atoms with Crippen LogP contribution in [0, 0.1) is 23.2 Å². The van der Waals surface area contributed by atoms with Crippen molar-refractivity contribution >= 4 is 23.6 Å². The molecule has 0 aromatic rings. The van der Waals surface area contributed by atoms with Gasteiger partial charge in [0.15, 0.2) is 0 Å². The molecule has 4 aliphatic carbocycles. The van der Waals surface area contributed by atoms with E-state index >= 15 is 0 Å². The fraction of sp³-hybridized carbons (Fsp3) is 0.750. The molecular formula is C16H20N2O5. The zero-order chi connectivity index (χ0) is 16.4. The molecule has 1 heterocycles. The Balaban J connectivity index is 1.57. The number of ketones is 1. The lowest BCUT2D eigenvalue weighted by atomic mass is 9.48. The van der Waals surface area contributed by atoms with Crippen molar-refractivity contribution in [2.75, 3.05) is 0 Å². The first kappa shape index (κ1) is 14.8. The van der Waals surface area contributed by atoms with Gasteiger partial charge in [-0.25, -0.2) is 4.79 Å². The second-order valence-corrected chi connectivity index (χ2v) is 7.90. The number of hydrogen-bond donors (Lipinski definition) is 3. The Morgan fingerprint density at radius 1 is 0.957 bits per heavy atom. The Labute approximate surface area is 133 Å². The summed E-state index contributed by atoms with van der Waals surface area (Å²) in [7, 11) is 0. The molecular weight excluding hydrogens is 300 g/mol. The van der Waals surface area contributed by atoms with Gasteiger partial charge in [0.25, 0.3) is 11.8 Å². The molecule has 5 aliphatic rings. The molecule has 3 N–H and O–H groups in total. The molecule has 23 heavy (non-hydrogen) atoms. The third kappa shape index (κ3) is 2.13. The molecule has 0 unspecified atom stereocenters. The third-order valence-electron chi connectivity index (χ3n) is 6.25. The Morgan fingerprint density at radius 3 is 1.83 bits per heavy atom. The maximum atomic E-state index is 12.9. The molecule has 0 spiro atoms. The summed E-state index contributed by atoms with van der Waals surface area (Å²) in [4.78, 5) is 47.9. The van der Waals surface area contributed by atoms with Gasteiger partial charge in [0.1, 0.15) is 5.78 Å². The second kappa shape index (κ2) is 4.63. The fourth-order valence-corrected chi connectivity index (χ4v) is 5.58. The summed E-state index contributed by atoms with van der Waals surface area (Å²) in [5.74, 6) is -0.770. The van der Waals surface area contributed by atoms with E-state index < -0.39 is 35.3 Å². The van der Waals surface area contributed by atoms with E-state index in [1.54, 1.807) is 0 Å². The van der Waals surface area contributed by atoms with Gasteiger partial charge in [0.2, 0.25) is 5.60 Å². The highest BCUT2D eigenvalue weighted by atomic mass is 16.3. The Hall–Kier alpha value is -1.76. The first-order chi connectivity index (χ1) is 10.8. The predicted octanol–water partition coefficient (Wildman–Crippen LogP) is 0.259. The van der Waals surface area contributed by atoms with E-state index in [-0.39, 0.29) is 5.78 Å². The Bertz CT molecular complexity index is 571. The van der Waals surface area contributed by atoms with Crippen LogP contribution in [0.25, 0.3) is 0 Å². The van der Waals surface area contributed by atoms with Crippen LogP contribution in [0.1, 0.15) is 44.9 Å². The highest BCUT2D eigenvalue weighted by Gasteiger charge is 2.58. The molecule has 1 aliphatic heterocycles. The van der Waals surface area contributed by atoms with Crippen LogP contribution in [0.15, 0.2) is 0 Å². The highest BCUT2D eigenvalue weighted by molar-refractivity contribution is 6.23. The SMILES string of the molecule is O=C1NC(=O)C(O)(CC(=O)C23CC4CC(CC(C4)C2)C3)C(=O)N1. The quantitative estimate of drug-likeness (QED) is 0.646. The first-order valence-corrected chi connectivity index (χ1v) is 8.23.